The molecule has 8 heteroatoms. The lowest BCUT2D eigenvalue weighted by Crippen LogP contribution is -1.91. The second kappa shape index (κ2) is 18.7. The largest absolute Gasteiger partial charge is 0.294 e. The Balaban J connectivity index is 0.000000154. The minimum Gasteiger partial charge on any atom is -0.294 e. The zero-order valence-corrected chi connectivity index (χ0v) is 31.8. The molecule has 0 N–H and O–H groups in total. The average molecular weight is 752 g/mol. The van der Waals surface area contributed by atoms with Gasteiger partial charge in [0.2, 0.25) is 0 Å². The lowest BCUT2D eigenvalue weighted by atomic mass is 10.1. The van der Waals surface area contributed by atoms with E-state index in [4.69, 9.17) is 34.8 Å². The van der Waals surface area contributed by atoms with Crippen molar-refractivity contribution < 1.29 is 4.79 Å². The number of hydrogen-bond donors (Lipinski definition) is 0. The van der Waals surface area contributed by atoms with E-state index in [2.05, 4.69) is 55.5 Å². The normalized spacial score (nSPS) is 10.7. The number of rotatable bonds is 0. The zero-order chi connectivity index (χ0) is 37.7. The highest BCUT2D eigenvalue weighted by Crippen LogP contribution is 2.29. The molecule has 4 heterocycles. The summed E-state index contributed by atoms with van der Waals surface area (Å²) in [6.45, 7) is 7.78. The molecule has 0 amide bonds. The molecular formula is C45H33Cl3N4O. The van der Waals surface area contributed by atoms with Gasteiger partial charge in [0.1, 0.15) is 17.1 Å². The molecule has 7 rings (SSSR count). The minimum absolute atomic E-state index is 0.245. The van der Waals surface area contributed by atoms with Gasteiger partial charge in [-0.05, 0) is 136 Å². The Hall–Kier alpha value is -5.74. The number of carbonyl (C=O) groups is 1. The van der Waals surface area contributed by atoms with Crippen molar-refractivity contribution >= 4 is 40.6 Å². The van der Waals surface area contributed by atoms with Crippen LogP contribution in [0.3, 0.4) is 0 Å². The summed E-state index contributed by atoms with van der Waals surface area (Å²) in [4.78, 5) is 28.7. The second-order valence-electron chi connectivity index (χ2n) is 12.0. The monoisotopic (exact) mass is 750 g/mol. The third-order valence-electron chi connectivity index (χ3n) is 7.59. The van der Waals surface area contributed by atoms with E-state index in [9.17, 15) is 4.79 Å². The molecule has 0 atom stereocenters. The first-order valence-corrected chi connectivity index (χ1v) is 17.8. The fourth-order valence-electron chi connectivity index (χ4n) is 4.96. The number of Topliss-reactive ketones (excluding diaryl/α,β-unsaturated/α-hetero) is 1. The summed E-state index contributed by atoms with van der Waals surface area (Å²) in [6, 6.07) is 30.3. The van der Waals surface area contributed by atoms with Crippen molar-refractivity contribution in [3.05, 3.63) is 186 Å². The van der Waals surface area contributed by atoms with E-state index in [1.165, 1.54) is 0 Å². The third-order valence-corrected chi connectivity index (χ3v) is 8.61. The van der Waals surface area contributed by atoms with Gasteiger partial charge >= 0.3 is 0 Å². The van der Waals surface area contributed by atoms with E-state index < -0.39 is 0 Å². The van der Waals surface area contributed by atoms with Gasteiger partial charge in [0.15, 0.2) is 5.78 Å². The maximum absolute atomic E-state index is 11.5. The standard InChI is InChI=1S/C17H13NO.C14H8Cl3N.C14H12N2/c1-12-3-2-4-15(18-12)8-5-13-6-9-16-14(11-13)7-10-17(16)19;1-9-3-2-4-12(18-9)6-5-10-7-11(15)8-13(16)14(10)17;1-11-6-7-13(10-15-11)8-9-14-5-3-4-12(2)16-14/h2-4,6,9,11H,7,10H2,1H3;2-4,7-8H,1H3;3-7,10H,1-2H3. The quantitative estimate of drug-likeness (QED) is 0.114. The number of nitrogens with zero attached hydrogens (tertiary/aromatic N) is 4. The minimum atomic E-state index is 0.245. The van der Waals surface area contributed by atoms with Crippen molar-refractivity contribution in [1.82, 2.24) is 19.9 Å². The number of pyridine rings is 4. The van der Waals surface area contributed by atoms with E-state index in [-0.39, 0.29) is 5.78 Å². The first-order chi connectivity index (χ1) is 25.5. The van der Waals surface area contributed by atoms with Crippen LogP contribution in [0.4, 0.5) is 0 Å². The lowest BCUT2D eigenvalue weighted by molar-refractivity contribution is 0.0994. The van der Waals surface area contributed by atoms with Crippen LogP contribution in [0.15, 0.2) is 103 Å². The number of hydrogen-bond acceptors (Lipinski definition) is 5. The number of halogens is 3. The van der Waals surface area contributed by atoms with Crippen LogP contribution in [0, 0.1) is 63.2 Å². The van der Waals surface area contributed by atoms with Crippen molar-refractivity contribution in [2.24, 2.45) is 0 Å². The van der Waals surface area contributed by atoms with Crippen molar-refractivity contribution in [3.8, 4) is 35.5 Å². The maximum atomic E-state index is 11.5. The highest BCUT2D eigenvalue weighted by Gasteiger charge is 2.18. The summed E-state index contributed by atoms with van der Waals surface area (Å²) in [5.74, 6) is 18.3. The SMILES string of the molecule is Cc1ccc(C#Cc2cccc(C)n2)cn1.Cc1cccc(C#Cc2cc(Cl)cc(Cl)c2Cl)n1.Cc1cccc(C#Cc2ccc3c(c2)CCC3=O)n1. The number of benzene rings is 2. The molecule has 0 spiro atoms. The van der Waals surface area contributed by atoms with Gasteiger partial charge in [0.05, 0.1) is 10.0 Å². The summed E-state index contributed by atoms with van der Waals surface area (Å²) < 4.78 is 0. The summed E-state index contributed by atoms with van der Waals surface area (Å²) in [5.41, 5.74) is 10.5. The Bertz CT molecular complexity index is 2480. The predicted octanol–water partition coefficient (Wildman–Crippen LogP) is 10.2. The van der Waals surface area contributed by atoms with Gasteiger partial charge in [0.25, 0.3) is 0 Å². The molecule has 4 aromatic heterocycles. The Morgan fingerprint density at radius 2 is 1.09 bits per heavy atom. The van der Waals surface area contributed by atoms with Crippen LogP contribution in [-0.2, 0) is 6.42 Å². The van der Waals surface area contributed by atoms with Crippen LogP contribution in [0.5, 0.6) is 0 Å². The Morgan fingerprint density at radius 3 is 1.64 bits per heavy atom. The van der Waals surface area contributed by atoms with Gasteiger partial charge in [-0.15, -0.1) is 0 Å². The van der Waals surface area contributed by atoms with Crippen LogP contribution in [0.1, 0.15) is 78.9 Å². The first kappa shape index (κ1) is 38.5. The molecule has 0 radical (unpaired) electrons. The van der Waals surface area contributed by atoms with E-state index in [0.29, 0.717) is 32.7 Å². The van der Waals surface area contributed by atoms with E-state index in [1.54, 1.807) is 18.3 Å². The number of aryl methyl sites for hydroxylation is 5. The molecule has 2 aromatic carbocycles. The van der Waals surface area contributed by atoms with Crippen molar-refractivity contribution in [2.45, 2.75) is 40.5 Å². The van der Waals surface area contributed by atoms with Crippen molar-refractivity contribution in [2.75, 3.05) is 0 Å². The molecule has 0 saturated heterocycles. The Labute approximate surface area is 325 Å². The van der Waals surface area contributed by atoms with E-state index >= 15 is 0 Å². The van der Waals surface area contributed by atoms with Crippen LogP contribution >= 0.6 is 34.8 Å². The van der Waals surface area contributed by atoms with Crippen LogP contribution < -0.4 is 0 Å². The number of ketones is 1. The molecule has 1 aliphatic rings. The topological polar surface area (TPSA) is 68.6 Å². The van der Waals surface area contributed by atoms with Gasteiger partial charge in [0, 0.05) is 62.7 Å². The fraction of sp³-hybridized carbons (Fsp3) is 0.133. The highest BCUT2D eigenvalue weighted by atomic mass is 35.5. The number of fused-ring (bicyclic) bond motifs is 1. The van der Waals surface area contributed by atoms with Crippen LogP contribution in [-0.4, -0.2) is 25.7 Å². The van der Waals surface area contributed by atoms with Gasteiger partial charge in [-0.25, -0.2) is 15.0 Å². The molecule has 0 saturated carbocycles. The molecule has 1 aliphatic carbocycles. The summed E-state index contributed by atoms with van der Waals surface area (Å²) >= 11 is 17.9. The molecule has 0 unspecified atom stereocenters. The van der Waals surface area contributed by atoms with E-state index in [0.717, 1.165) is 62.8 Å². The molecule has 260 valence electrons. The summed E-state index contributed by atoms with van der Waals surface area (Å²) in [7, 11) is 0. The molecule has 0 fully saturated rings. The third kappa shape index (κ3) is 11.9. The number of aromatic nitrogens is 4. The molecule has 5 nitrogen and oxygen atoms in total. The smallest absolute Gasteiger partial charge is 0.163 e. The first-order valence-electron chi connectivity index (χ1n) is 16.6. The fourth-order valence-corrected chi connectivity index (χ4v) is 5.61. The molecular weight excluding hydrogens is 719 g/mol. The zero-order valence-electron chi connectivity index (χ0n) is 29.6. The predicted molar refractivity (Wildman–Crippen MR) is 214 cm³/mol. The average Bonchev–Trinajstić information content (AvgIpc) is 3.51. The van der Waals surface area contributed by atoms with E-state index in [1.807, 2.05) is 113 Å². The number of carbonyl (C=O) groups excluding carboxylic acids is 1. The van der Waals surface area contributed by atoms with Crippen LogP contribution in [0.25, 0.3) is 0 Å². The van der Waals surface area contributed by atoms with Gasteiger partial charge < -0.3 is 0 Å². The Kier molecular flexibility index (Phi) is 13.6. The van der Waals surface area contributed by atoms with Gasteiger partial charge in [-0.3, -0.25) is 9.78 Å². The van der Waals surface area contributed by atoms with Gasteiger partial charge in [-0.1, -0.05) is 70.8 Å². The van der Waals surface area contributed by atoms with Crippen molar-refractivity contribution in [1.29, 1.82) is 0 Å². The van der Waals surface area contributed by atoms with Gasteiger partial charge in [-0.2, -0.15) is 0 Å². The summed E-state index contributed by atoms with van der Waals surface area (Å²) in [5, 5.41) is 1.30. The summed E-state index contributed by atoms with van der Waals surface area (Å²) in [6.07, 6.45) is 3.25. The van der Waals surface area contributed by atoms with Crippen LogP contribution in [0.2, 0.25) is 15.1 Å². The van der Waals surface area contributed by atoms with Crippen molar-refractivity contribution in [3.63, 3.8) is 0 Å². The Morgan fingerprint density at radius 1 is 0.547 bits per heavy atom. The molecule has 53 heavy (non-hydrogen) atoms. The second-order valence-corrected chi connectivity index (χ2v) is 13.2. The molecule has 0 bridgehead atoms. The molecule has 0 aliphatic heterocycles. The lowest BCUT2D eigenvalue weighted by Gasteiger charge is -2.00. The highest BCUT2D eigenvalue weighted by molar-refractivity contribution is 6.44. The molecule has 6 aromatic rings. The maximum Gasteiger partial charge on any atom is 0.163 e.